The van der Waals surface area contributed by atoms with Crippen molar-refractivity contribution in [3.63, 3.8) is 0 Å². The second-order valence-corrected chi connectivity index (χ2v) is 6.90. The van der Waals surface area contributed by atoms with Crippen molar-refractivity contribution >= 4 is 33.3 Å². The molecule has 0 aliphatic heterocycles. The first kappa shape index (κ1) is 17.9. The van der Waals surface area contributed by atoms with Crippen LogP contribution in [0.15, 0.2) is 58.5 Å². The van der Waals surface area contributed by atoms with Crippen LogP contribution >= 0.6 is 0 Å². The fraction of sp³-hybridized carbons (Fsp3) is 0. The van der Waals surface area contributed by atoms with Gasteiger partial charge in [-0.2, -0.15) is 15.0 Å². The molecule has 27 heavy (non-hydrogen) atoms. The van der Waals surface area contributed by atoms with Gasteiger partial charge in [0, 0.05) is 5.56 Å². The highest BCUT2D eigenvalue weighted by atomic mass is 32.2. The van der Waals surface area contributed by atoms with Crippen LogP contribution in [0.25, 0.3) is 11.4 Å². The maximum atomic E-state index is 12.7. The topological polar surface area (TPSA) is 187 Å². The van der Waals surface area contributed by atoms with Crippen molar-refractivity contribution in [2.45, 2.75) is 4.90 Å². The molecule has 3 rings (SSSR count). The van der Waals surface area contributed by atoms with Gasteiger partial charge in [-0.3, -0.25) is 4.72 Å². The van der Waals surface area contributed by atoms with Gasteiger partial charge in [0.05, 0.1) is 10.6 Å². The molecule has 12 heteroatoms. The van der Waals surface area contributed by atoms with E-state index in [-0.39, 0.29) is 28.3 Å². The minimum absolute atomic E-state index is 0.0101. The fourth-order valence-corrected chi connectivity index (χ4v) is 3.33. The van der Waals surface area contributed by atoms with Crippen LogP contribution in [0.5, 0.6) is 0 Å². The second kappa shape index (κ2) is 7.15. The zero-order valence-corrected chi connectivity index (χ0v) is 14.6. The van der Waals surface area contributed by atoms with E-state index in [4.69, 9.17) is 17.0 Å². The molecule has 0 fully saturated rings. The first-order valence-electron chi connectivity index (χ1n) is 7.46. The molecular weight excluding hydrogens is 370 g/mol. The van der Waals surface area contributed by atoms with Gasteiger partial charge in [0.15, 0.2) is 16.6 Å². The number of nitrogens with zero attached hydrogens (tertiary/aromatic N) is 5. The van der Waals surface area contributed by atoms with E-state index in [1.807, 2.05) is 0 Å². The Morgan fingerprint density at radius 2 is 1.59 bits per heavy atom. The van der Waals surface area contributed by atoms with Crippen LogP contribution in [0.1, 0.15) is 0 Å². The van der Waals surface area contributed by atoms with Gasteiger partial charge in [-0.05, 0) is 36.4 Å². The Morgan fingerprint density at radius 3 is 2.22 bits per heavy atom. The fourth-order valence-electron chi connectivity index (χ4n) is 2.25. The Balaban J connectivity index is 1.99. The molecule has 1 heterocycles. The zero-order valence-electron chi connectivity index (χ0n) is 13.7. The number of aromatic nitrogens is 3. The summed E-state index contributed by atoms with van der Waals surface area (Å²) in [6.07, 6.45) is 0. The molecule has 0 unspecified atom stereocenters. The third-order valence-corrected chi connectivity index (χ3v) is 4.78. The predicted molar refractivity (Wildman–Crippen MR) is 98.3 cm³/mol. The van der Waals surface area contributed by atoms with Crippen molar-refractivity contribution in [3.8, 4) is 11.4 Å². The lowest BCUT2D eigenvalue weighted by molar-refractivity contribution is 0.601. The second-order valence-electron chi connectivity index (χ2n) is 5.22. The minimum atomic E-state index is -3.90. The average molecular weight is 384 g/mol. The Labute approximate surface area is 153 Å². The third-order valence-electron chi connectivity index (χ3n) is 3.39. The number of nitrogens with two attached hydrogens (primary N) is 2. The highest BCUT2D eigenvalue weighted by Crippen LogP contribution is 2.28. The van der Waals surface area contributed by atoms with Crippen molar-refractivity contribution in [1.82, 2.24) is 19.9 Å². The zero-order chi connectivity index (χ0) is 19.4. The van der Waals surface area contributed by atoms with Crippen LogP contribution in [-0.4, -0.2) is 23.4 Å². The third kappa shape index (κ3) is 4.03. The first-order valence-corrected chi connectivity index (χ1v) is 8.94. The molecular formula is C15H14N9O2S+. The van der Waals surface area contributed by atoms with Gasteiger partial charge in [0.25, 0.3) is 10.0 Å². The summed E-state index contributed by atoms with van der Waals surface area (Å²) in [6.45, 7) is 0. The smallest absolute Gasteiger partial charge is 0.261 e. The van der Waals surface area contributed by atoms with Gasteiger partial charge in [-0.25, -0.2) is 8.42 Å². The van der Waals surface area contributed by atoms with Crippen molar-refractivity contribution < 1.29 is 8.42 Å². The molecule has 3 aromatic rings. The normalized spacial score (nSPS) is 10.8. The molecule has 0 aliphatic carbocycles. The summed E-state index contributed by atoms with van der Waals surface area (Å²) < 4.78 is 27.9. The summed E-state index contributed by atoms with van der Waals surface area (Å²) in [5.74, 6) is -0.00637. The van der Waals surface area contributed by atoms with Gasteiger partial charge in [0.2, 0.25) is 16.8 Å². The molecule has 0 aliphatic rings. The van der Waals surface area contributed by atoms with Crippen molar-refractivity contribution in [2.24, 2.45) is 5.11 Å². The lowest BCUT2D eigenvalue weighted by atomic mass is 10.2. The number of anilines is 3. The number of hydrogen-bond donors (Lipinski definition) is 4. The molecule has 0 saturated carbocycles. The standard InChI is InChI=1S/C15H14N9O2S/c16-14-19-13(20-15(17)21-14)11-3-1-2-4-12(11)23-27(25,26)10-7-5-9(6-8-10)22-24-18/h1-8,18,23H,(H4,16,17,19,20,21)/q+1. The lowest BCUT2D eigenvalue weighted by Crippen LogP contribution is -2.14. The van der Waals surface area contributed by atoms with Gasteiger partial charge < -0.3 is 11.5 Å². The molecule has 0 radical (unpaired) electrons. The van der Waals surface area contributed by atoms with E-state index in [1.165, 1.54) is 24.3 Å². The Bertz CT molecular complexity index is 1120. The van der Waals surface area contributed by atoms with Crippen LogP contribution in [0.4, 0.5) is 23.3 Å². The van der Waals surface area contributed by atoms with E-state index < -0.39 is 10.0 Å². The average Bonchev–Trinajstić information content (AvgIpc) is 2.62. The molecule has 2 aromatic carbocycles. The van der Waals surface area contributed by atoms with Gasteiger partial charge in [-0.1, -0.05) is 12.1 Å². The lowest BCUT2D eigenvalue weighted by Gasteiger charge is -2.12. The van der Waals surface area contributed by atoms with Crippen LogP contribution in [0, 0.1) is 5.53 Å². The number of benzene rings is 2. The number of rotatable bonds is 5. The molecule has 0 saturated heterocycles. The highest BCUT2D eigenvalue weighted by molar-refractivity contribution is 7.92. The van der Waals surface area contributed by atoms with Gasteiger partial charge >= 0.3 is 0 Å². The van der Waals surface area contributed by atoms with Crippen molar-refractivity contribution in [3.05, 3.63) is 48.5 Å². The molecule has 0 amide bonds. The highest BCUT2D eigenvalue weighted by Gasteiger charge is 2.18. The number of sulfonamides is 1. The monoisotopic (exact) mass is 384 g/mol. The van der Waals surface area contributed by atoms with E-state index in [0.717, 1.165) is 0 Å². The Kier molecular flexibility index (Phi) is 4.75. The van der Waals surface area contributed by atoms with Crippen molar-refractivity contribution in [2.75, 3.05) is 16.2 Å². The van der Waals surface area contributed by atoms with Crippen LogP contribution < -0.4 is 21.1 Å². The summed E-state index contributed by atoms with van der Waals surface area (Å²) in [6, 6.07) is 12.1. The van der Waals surface area contributed by atoms with E-state index in [9.17, 15) is 8.42 Å². The van der Waals surface area contributed by atoms with E-state index in [1.54, 1.807) is 24.3 Å². The SMILES string of the molecule is N=[N+]=Nc1ccc(S(=O)(=O)Nc2ccccc2-c2nc(N)nc(N)n2)cc1. The van der Waals surface area contributed by atoms with Crippen LogP contribution in [0.3, 0.4) is 0 Å². The molecule has 136 valence electrons. The van der Waals surface area contributed by atoms with E-state index in [0.29, 0.717) is 11.3 Å². The largest absolute Gasteiger partial charge is 0.368 e. The summed E-state index contributed by atoms with van der Waals surface area (Å²) in [5.41, 5.74) is 18.9. The summed E-state index contributed by atoms with van der Waals surface area (Å²) in [5, 5.41) is 3.51. The minimum Gasteiger partial charge on any atom is -0.368 e. The molecule has 6 N–H and O–H groups in total. The van der Waals surface area contributed by atoms with Crippen LogP contribution in [-0.2, 0) is 10.0 Å². The molecule has 0 spiro atoms. The number of hydrogen-bond acceptors (Lipinski definition) is 9. The quantitative estimate of drug-likeness (QED) is 0.380. The Hall–Kier alpha value is -3.89. The maximum Gasteiger partial charge on any atom is 0.261 e. The first-order chi connectivity index (χ1) is 12.9. The van der Waals surface area contributed by atoms with Crippen molar-refractivity contribution in [1.29, 1.82) is 5.53 Å². The maximum absolute atomic E-state index is 12.7. The van der Waals surface area contributed by atoms with E-state index >= 15 is 0 Å². The van der Waals surface area contributed by atoms with Crippen LogP contribution in [0.2, 0.25) is 0 Å². The van der Waals surface area contributed by atoms with Gasteiger partial charge in [-0.15, -0.1) is 0 Å². The molecule has 1 aromatic heterocycles. The molecule has 11 nitrogen and oxygen atoms in total. The number of para-hydroxylation sites is 1. The summed E-state index contributed by atoms with van der Waals surface area (Å²) in [7, 11) is -3.90. The summed E-state index contributed by atoms with van der Waals surface area (Å²) in [4.78, 5) is 14.6. The number of nitrogen functional groups attached to an aromatic ring is 2. The number of nitrogens with one attached hydrogen (secondary N) is 2. The predicted octanol–water partition coefficient (Wildman–Crippen LogP) is 1.69. The van der Waals surface area contributed by atoms with E-state index in [2.05, 4.69) is 29.7 Å². The summed E-state index contributed by atoms with van der Waals surface area (Å²) >= 11 is 0. The Morgan fingerprint density at radius 1 is 0.963 bits per heavy atom. The van der Waals surface area contributed by atoms with Gasteiger partial charge in [0.1, 0.15) is 5.53 Å². The molecule has 0 atom stereocenters. The molecule has 0 bridgehead atoms.